The Hall–Kier alpha value is -2.41. The van der Waals surface area contributed by atoms with Crippen LogP contribution in [0.5, 0.6) is 0 Å². The van der Waals surface area contributed by atoms with Crippen LogP contribution in [-0.2, 0) is 30.7 Å². The van der Waals surface area contributed by atoms with E-state index < -0.39 is 0 Å². The van der Waals surface area contributed by atoms with Crippen LogP contribution in [-0.4, -0.2) is 34.9 Å². The van der Waals surface area contributed by atoms with Gasteiger partial charge in [0.1, 0.15) is 12.4 Å². The second kappa shape index (κ2) is 6.78. The van der Waals surface area contributed by atoms with E-state index in [1.165, 1.54) is 11.1 Å². The smallest absolute Gasteiger partial charge is 0.322 e. The van der Waals surface area contributed by atoms with Gasteiger partial charge in [-0.3, -0.25) is 10.00 Å². The Kier molecular flexibility index (Phi) is 4.57. The molecule has 0 bridgehead atoms. The van der Waals surface area contributed by atoms with E-state index in [1.807, 2.05) is 6.07 Å². The predicted molar refractivity (Wildman–Crippen MR) is 86.2 cm³/mol. The SMILES string of the molecule is CCc1ccc2c(c1)CCN2C(=O)NCc1nc(COC)n[nH]1. The van der Waals surface area contributed by atoms with Crippen LogP contribution in [0.4, 0.5) is 10.5 Å². The third-order valence-corrected chi connectivity index (χ3v) is 3.95. The Morgan fingerprint density at radius 1 is 1.48 bits per heavy atom. The van der Waals surface area contributed by atoms with Gasteiger partial charge in [-0.05, 0) is 30.0 Å². The van der Waals surface area contributed by atoms with Crippen LogP contribution in [0.1, 0.15) is 29.7 Å². The Bertz CT molecular complexity index is 698. The summed E-state index contributed by atoms with van der Waals surface area (Å²) >= 11 is 0. The average molecular weight is 315 g/mol. The molecule has 0 fully saturated rings. The van der Waals surface area contributed by atoms with Crippen molar-refractivity contribution < 1.29 is 9.53 Å². The Morgan fingerprint density at radius 2 is 2.35 bits per heavy atom. The van der Waals surface area contributed by atoms with Crippen LogP contribution >= 0.6 is 0 Å². The van der Waals surface area contributed by atoms with Gasteiger partial charge in [0.15, 0.2) is 5.82 Å². The fourth-order valence-electron chi connectivity index (χ4n) is 2.75. The van der Waals surface area contributed by atoms with Crippen molar-refractivity contribution in [3.05, 3.63) is 41.0 Å². The van der Waals surface area contributed by atoms with E-state index in [-0.39, 0.29) is 6.03 Å². The zero-order chi connectivity index (χ0) is 16.2. The van der Waals surface area contributed by atoms with E-state index in [9.17, 15) is 4.79 Å². The molecule has 3 rings (SSSR count). The molecule has 7 heteroatoms. The molecule has 0 unspecified atom stereocenters. The van der Waals surface area contributed by atoms with Crippen molar-refractivity contribution in [2.45, 2.75) is 32.9 Å². The minimum Gasteiger partial charge on any atom is -0.377 e. The van der Waals surface area contributed by atoms with Crippen molar-refractivity contribution in [1.82, 2.24) is 20.5 Å². The molecular weight excluding hydrogens is 294 g/mol. The molecule has 23 heavy (non-hydrogen) atoms. The van der Waals surface area contributed by atoms with Crippen LogP contribution in [0.3, 0.4) is 0 Å². The zero-order valence-corrected chi connectivity index (χ0v) is 13.4. The van der Waals surface area contributed by atoms with Gasteiger partial charge in [0.2, 0.25) is 0 Å². The molecule has 2 heterocycles. The number of ether oxygens (including phenoxy) is 1. The molecular formula is C16H21N5O2. The summed E-state index contributed by atoms with van der Waals surface area (Å²) in [5.41, 5.74) is 3.54. The summed E-state index contributed by atoms with van der Waals surface area (Å²) in [4.78, 5) is 18.4. The number of carbonyl (C=O) groups excluding carboxylic acids is 1. The summed E-state index contributed by atoms with van der Waals surface area (Å²) in [7, 11) is 1.59. The third-order valence-electron chi connectivity index (χ3n) is 3.95. The summed E-state index contributed by atoms with van der Waals surface area (Å²) in [6.45, 7) is 3.51. The number of amides is 2. The van der Waals surface area contributed by atoms with Crippen LogP contribution in [0, 0.1) is 0 Å². The number of nitrogens with zero attached hydrogens (tertiary/aromatic N) is 3. The first-order chi connectivity index (χ1) is 11.2. The van der Waals surface area contributed by atoms with E-state index >= 15 is 0 Å². The molecule has 1 aromatic carbocycles. The number of hydrogen-bond donors (Lipinski definition) is 2. The number of aryl methyl sites for hydroxylation is 1. The first-order valence-corrected chi connectivity index (χ1v) is 7.77. The minimum atomic E-state index is -0.113. The molecule has 7 nitrogen and oxygen atoms in total. The summed E-state index contributed by atoms with van der Waals surface area (Å²) in [5.74, 6) is 1.20. The number of carbonyl (C=O) groups is 1. The number of methoxy groups -OCH3 is 1. The van der Waals surface area contributed by atoms with Crippen molar-refractivity contribution in [1.29, 1.82) is 0 Å². The maximum atomic E-state index is 12.4. The van der Waals surface area contributed by atoms with Crippen LogP contribution in [0.15, 0.2) is 18.2 Å². The van der Waals surface area contributed by atoms with E-state index in [2.05, 4.69) is 39.6 Å². The molecule has 0 saturated carbocycles. The Labute approximate surface area is 135 Å². The number of urea groups is 1. The highest BCUT2D eigenvalue weighted by Gasteiger charge is 2.24. The summed E-state index contributed by atoms with van der Waals surface area (Å²) in [6, 6.07) is 6.19. The minimum absolute atomic E-state index is 0.113. The first-order valence-electron chi connectivity index (χ1n) is 7.77. The van der Waals surface area contributed by atoms with Crippen LogP contribution in [0.2, 0.25) is 0 Å². The third kappa shape index (κ3) is 3.34. The molecule has 0 radical (unpaired) electrons. The summed E-state index contributed by atoms with van der Waals surface area (Å²) in [5, 5.41) is 9.69. The van der Waals surface area contributed by atoms with E-state index in [0.29, 0.717) is 31.3 Å². The molecule has 0 atom stereocenters. The molecule has 2 aromatic rings. The van der Waals surface area contributed by atoms with Gasteiger partial charge in [0, 0.05) is 19.3 Å². The van der Waals surface area contributed by atoms with Crippen LogP contribution in [0.25, 0.3) is 0 Å². The van der Waals surface area contributed by atoms with Crippen LogP contribution < -0.4 is 10.2 Å². The fraction of sp³-hybridized carbons (Fsp3) is 0.438. The number of anilines is 1. The highest BCUT2D eigenvalue weighted by molar-refractivity contribution is 5.94. The number of aromatic amines is 1. The van der Waals surface area contributed by atoms with E-state index in [0.717, 1.165) is 18.5 Å². The number of aromatic nitrogens is 3. The zero-order valence-electron chi connectivity index (χ0n) is 13.4. The molecule has 0 spiro atoms. The second-order valence-corrected chi connectivity index (χ2v) is 5.51. The molecule has 122 valence electrons. The maximum absolute atomic E-state index is 12.4. The van der Waals surface area contributed by atoms with Gasteiger partial charge in [-0.25, -0.2) is 9.78 Å². The Balaban J connectivity index is 1.61. The van der Waals surface area contributed by atoms with Crippen molar-refractivity contribution in [2.24, 2.45) is 0 Å². The topological polar surface area (TPSA) is 83.1 Å². The molecule has 1 aliphatic rings. The summed E-state index contributed by atoms with van der Waals surface area (Å²) < 4.78 is 4.97. The Morgan fingerprint density at radius 3 is 3.13 bits per heavy atom. The summed E-state index contributed by atoms with van der Waals surface area (Å²) in [6.07, 6.45) is 1.91. The van der Waals surface area contributed by atoms with E-state index in [1.54, 1.807) is 12.0 Å². The molecule has 0 saturated heterocycles. The number of benzene rings is 1. The molecule has 2 amide bonds. The number of H-pyrrole nitrogens is 1. The number of fused-ring (bicyclic) bond motifs is 1. The van der Waals surface area contributed by atoms with Crippen molar-refractivity contribution in [2.75, 3.05) is 18.6 Å². The normalized spacial score (nSPS) is 13.2. The van der Waals surface area contributed by atoms with Crippen molar-refractivity contribution in [3.8, 4) is 0 Å². The van der Waals surface area contributed by atoms with Crippen molar-refractivity contribution >= 4 is 11.7 Å². The average Bonchev–Trinajstić information content (AvgIpc) is 3.19. The lowest BCUT2D eigenvalue weighted by atomic mass is 10.1. The van der Waals surface area contributed by atoms with Gasteiger partial charge in [-0.1, -0.05) is 19.1 Å². The lowest BCUT2D eigenvalue weighted by Gasteiger charge is -2.17. The number of hydrogen-bond acceptors (Lipinski definition) is 4. The van der Waals surface area contributed by atoms with Gasteiger partial charge < -0.3 is 10.1 Å². The van der Waals surface area contributed by atoms with Crippen molar-refractivity contribution in [3.63, 3.8) is 0 Å². The van der Waals surface area contributed by atoms with Gasteiger partial charge in [-0.2, -0.15) is 5.10 Å². The molecule has 0 aliphatic carbocycles. The monoisotopic (exact) mass is 315 g/mol. The quantitative estimate of drug-likeness (QED) is 0.881. The molecule has 2 N–H and O–H groups in total. The largest absolute Gasteiger partial charge is 0.377 e. The standard InChI is InChI=1S/C16H21N5O2/c1-3-11-4-5-13-12(8-11)6-7-21(13)16(22)17-9-14-18-15(10-23-2)20-19-14/h4-5,8H,3,6-7,9-10H2,1-2H3,(H,17,22)(H,18,19,20). The lowest BCUT2D eigenvalue weighted by molar-refractivity contribution is 0.178. The first kappa shape index (κ1) is 15.5. The number of rotatable bonds is 5. The van der Waals surface area contributed by atoms with Gasteiger partial charge in [0.05, 0.1) is 6.54 Å². The maximum Gasteiger partial charge on any atom is 0.322 e. The van der Waals surface area contributed by atoms with Gasteiger partial charge in [0.25, 0.3) is 0 Å². The molecule has 1 aliphatic heterocycles. The fourth-order valence-corrected chi connectivity index (χ4v) is 2.75. The number of nitrogens with one attached hydrogen (secondary N) is 2. The molecule has 1 aromatic heterocycles. The van der Waals surface area contributed by atoms with Gasteiger partial charge >= 0.3 is 6.03 Å². The van der Waals surface area contributed by atoms with Gasteiger partial charge in [-0.15, -0.1) is 0 Å². The lowest BCUT2D eigenvalue weighted by Crippen LogP contribution is -2.38. The van der Waals surface area contributed by atoms with E-state index in [4.69, 9.17) is 4.74 Å². The second-order valence-electron chi connectivity index (χ2n) is 5.51. The highest BCUT2D eigenvalue weighted by Crippen LogP contribution is 2.29. The highest BCUT2D eigenvalue weighted by atomic mass is 16.5. The predicted octanol–water partition coefficient (Wildman–Crippen LogP) is 1.79.